The van der Waals surface area contributed by atoms with Crippen molar-refractivity contribution in [2.45, 2.75) is 20.1 Å². The summed E-state index contributed by atoms with van der Waals surface area (Å²) < 4.78 is 31.1. The molecule has 0 spiro atoms. The van der Waals surface area contributed by atoms with Gasteiger partial charge in [-0.05, 0) is 36.8 Å². The zero-order valence-electron chi connectivity index (χ0n) is 17.0. The Kier molecular flexibility index (Phi) is 6.71. The van der Waals surface area contributed by atoms with E-state index in [9.17, 15) is 9.18 Å². The van der Waals surface area contributed by atoms with Gasteiger partial charge in [0, 0.05) is 35.8 Å². The first kappa shape index (κ1) is 21.1. The number of ether oxygens (including phenoxy) is 3. The lowest BCUT2D eigenvalue weighted by Gasteiger charge is -2.21. The third-order valence-electron chi connectivity index (χ3n) is 4.74. The van der Waals surface area contributed by atoms with Gasteiger partial charge in [0.15, 0.2) is 11.5 Å². The summed E-state index contributed by atoms with van der Waals surface area (Å²) in [6.07, 6.45) is 0. The molecule has 0 N–H and O–H groups in total. The first-order valence-electron chi connectivity index (χ1n) is 9.23. The number of benzene rings is 2. The monoisotopic (exact) mass is 417 g/mol. The number of nitrogens with zero attached hydrogens (tertiary/aromatic N) is 1. The van der Waals surface area contributed by atoms with E-state index in [2.05, 4.69) is 0 Å². The van der Waals surface area contributed by atoms with Crippen LogP contribution in [0.15, 0.2) is 36.4 Å². The summed E-state index contributed by atoms with van der Waals surface area (Å²) in [6, 6.07) is 10.5. The molecule has 0 aliphatic carbocycles. The molecular weight excluding hydrogens is 393 g/mol. The van der Waals surface area contributed by atoms with Gasteiger partial charge < -0.3 is 19.1 Å². The average Bonchev–Trinajstić information content (AvgIpc) is 3.11. The minimum atomic E-state index is -0.340. The van der Waals surface area contributed by atoms with E-state index in [1.54, 1.807) is 32.3 Å². The predicted molar refractivity (Wildman–Crippen MR) is 112 cm³/mol. The lowest BCUT2D eigenvalue weighted by atomic mass is 10.1. The third-order valence-corrected chi connectivity index (χ3v) is 5.92. The van der Waals surface area contributed by atoms with Gasteiger partial charge >= 0.3 is 0 Å². The largest absolute Gasteiger partial charge is 0.493 e. The highest BCUT2D eigenvalue weighted by Crippen LogP contribution is 2.35. The number of halogens is 1. The minimum absolute atomic E-state index is 0.144. The van der Waals surface area contributed by atoms with Crippen LogP contribution in [0.1, 0.15) is 27.7 Å². The number of rotatable bonds is 8. The van der Waals surface area contributed by atoms with Crippen LogP contribution in [0.4, 0.5) is 4.39 Å². The van der Waals surface area contributed by atoms with E-state index in [-0.39, 0.29) is 18.3 Å². The van der Waals surface area contributed by atoms with Gasteiger partial charge in [0.1, 0.15) is 5.82 Å². The molecule has 0 atom stereocenters. The van der Waals surface area contributed by atoms with Crippen molar-refractivity contribution in [3.63, 3.8) is 0 Å². The minimum Gasteiger partial charge on any atom is -0.493 e. The smallest absolute Gasteiger partial charge is 0.264 e. The quantitative estimate of drug-likeness (QED) is 0.525. The summed E-state index contributed by atoms with van der Waals surface area (Å²) >= 11 is 1.30. The number of amides is 1. The topological polar surface area (TPSA) is 48.0 Å². The van der Waals surface area contributed by atoms with Crippen LogP contribution in [0.2, 0.25) is 0 Å². The Morgan fingerprint density at radius 1 is 1.10 bits per heavy atom. The molecular formula is C22H24FNO4S. The summed E-state index contributed by atoms with van der Waals surface area (Å²) in [7, 11) is 4.70. The first-order valence-corrected chi connectivity index (χ1v) is 10.0. The van der Waals surface area contributed by atoms with Crippen LogP contribution in [0.25, 0.3) is 10.1 Å². The molecule has 0 fully saturated rings. The molecule has 0 unspecified atom stereocenters. The van der Waals surface area contributed by atoms with Gasteiger partial charge in [0.25, 0.3) is 5.91 Å². The van der Waals surface area contributed by atoms with Gasteiger partial charge in [-0.3, -0.25) is 4.79 Å². The molecule has 154 valence electrons. The predicted octanol–water partition coefficient (Wildman–Crippen LogP) is 4.87. The molecule has 3 rings (SSSR count). The Balaban J connectivity index is 1.96. The van der Waals surface area contributed by atoms with Gasteiger partial charge in [-0.2, -0.15) is 0 Å². The fraction of sp³-hybridized carbons (Fsp3) is 0.318. The van der Waals surface area contributed by atoms with Crippen LogP contribution in [-0.4, -0.2) is 38.7 Å². The maximum atomic E-state index is 14.4. The molecule has 7 heteroatoms. The van der Waals surface area contributed by atoms with Gasteiger partial charge in [0.05, 0.1) is 25.7 Å². The van der Waals surface area contributed by atoms with Gasteiger partial charge in [0.2, 0.25) is 0 Å². The SMILES string of the molecule is CCN(Cc1ccc(OC)c(OC)c1)C(=O)c1sc2cccc(F)c2c1COC. The van der Waals surface area contributed by atoms with Crippen molar-refractivity contribution in [2.75, 3.05) is 27.9 Å². The molecule has 0 radical (unpaired) electrons. The van der Waals surface area contributed by atoms with Crippen molar-refractivity contribution in [1.82, 2.24) is 4.90 Å². The number of hydrogen-bond donors (Lipinski definition) is 0. The fourth-order valence-corrected chi connectivity index (χ4v) is 4.48. The molecule has 0 saturated heterocycles. The van der Waals surface area contributed by atoms with Crippen LogP contribution in [0, 0.1) is 5.82 Å². The van der Waals surface area contributed by atoms with E-state index in [1.807, 2.05) is 31.2 Å². The molecule has 29 heavy (non-hydrogen) atoms. The fourth-order valence-electron chi connectivity index (χ4n) is 3.29. The third kappa shape index (κ3) is 4.21. The molecule has 0 aliphatic heterocycles. The van der Waals surface area contributed by atoms with E-state index in [0.717, 1.165) is 10.3 Å². The Bertz CT molecular complexity index is 1020. The molecule has 1 amide bonds. The highest BCUT2D eigenvalue weighted by molar-refractivity contribution is 7.21. The summed E-state index contributed by atoms with van der Waals surface area (Å²) in [4.78, 5) is 15.6. The number of carbonyl (C=O) groups excluding carboxylic acids is 1. The molecule has 1 aromatic heterocycles. The van der Waals surface area contributed by atoms with E-state index >= 15 is 0 Å². The van der Waals surface area contributed by atoms with E-state index in [4.69, 9.17) is 14.2 Å². The molecule has 5 nitrogen and oxygen atoms in total. The van der Waals surface area contributed by atoms with Crippen molar-refractivity contribution < 1.29 is 23.4 Å². The second-order valence-electron chi connectivity index (χ2n) is 6.46. The van der Waals surface area contributed by atoms with Crippen LogP contribution >= 0.6 is 11.3 Å². The maximum Gasteiger partial charge on any atom is 0.264 e. The van der Waals surface area contributed by atoms with Crippen LogP contribution < -0.4 is 9.47 Å². The van der Waals surface area contributed by atoms with Crippen molar-refractivity contribution in [1.29, 1.82) is 0 Å². The van der Waals surface area contributed by atoms with Gasteiger partial charge in [-0.15, -0.1) is 11.3 Å². The van der Waals surface area contributed by atoms with Crippen LogP contribution in [0.3, 0.4) is 0 Å². The standard InChI is InChI=1S/C22H24FNO4S/c1-5-24(12-14-9-10-17(27-3)18(11-14)28-4)22(25)21-15(13-26-2)20-16(23)7-6-8-19(20)29-21/h6-11H,5,12-13H2,1-4H3. The molecule has 3 aromatic rings. The van der Waals surface area contributed by atoms with Crippen molar-refractivity contribution in [3.05, 3.63) is 58.2 Å². The molecule has 2 aromatic carbocycles. The highest BCUT2D eigenvalue weighted by Gasteiger charge is 2.24. The number of carbonyl (C=O) groups is 1. The van der Waals surface area contributed by atoms with E-state index in [0.29, 0.717) is 40.4 Å². The number of fused-ring (bicyclic) bond motifs is 1. The van der Waals surface area contributed by atoms with Crippen LogP contribution in [0.5, 0.6) is 11.5 Å². The summed E-state index contributed by atoms with van der Waals surface area (Å²) in [5.74, 6) is 0.758. The normalized spacial score (nSPS) is 10.9. The van der Waals surface area contributed by atoms with E-state index < -0.39 is 0 Å². The molecule has 0 aliphatic rings. The Hall–Kier alpha value is -2.64. The lowest BCUT2D eigenvalue weighted by Crippen LogP contribution is -2.30. The maximum absolute atomic E-state index is 14.4. The number of hydrogen-bond acceptors (Lipinski definition) is 5. The Morgan fingerprint density at radius 2 is 1.86 bits per heavy atom. The zero-order valence-corrected chi connectivity index (χ0v) is 17.8. The number of methoxy groups -OCH3 is 3. The number of thiophene rings is 1. The Labute approximate surface area is 173 Å². The molecule has 1 heterocycles. The first-order chi connectivity index (χ1) is 14.0. The summed E-state index contributed by atoms with van der Waals surface area (Å²) in [6.45, 7) is 3.01. The van der Waals surface area contributed by atoms with Crippen molar-refractivity contribution in [2.24, 2.45) is 0 Å². The zero-order chi connectivity index (χ0) is 21.0. The lowest BCUT2D eigenvalue weighted by molar-refractivity contribution is 0.0753. The second kappa shape index (κ2) is 9.24. The molecule has 0 saturated carbocycles. The second-order valence-corrected chi connectivity index (χ2v) is 7.52. The Morgan fingerprint density at radius 3 is 2.52 bits per heavy atom. The van der Waals surface area contributed by atoms with Crippen molar-refractivity contribution in [3.8, 4) is 11.5 Å². The van der Waals surface area contributed by atoms with Crippen LogP contribution in [-0.2, 0) is 17.9 Å². The van der Waals surface area contributed by atoms with Gasteiger partial charge in [-0.1, -0.05) is 12.1 Å². The summed E-state index contributed by atoms with van der Waals surface area (Å²) in [5.41, 5.74) is 1.51. The molecule has 0 bridgehead atoms. The average molecular weight is 418 g/mol. The van der Waals surface area contributed by atoms with Gasteiger partial charge in [-0.25, -0.2) is 4.39 Å². The van der Waals surface area contributed by atoms with Crippen molar-refractivity contribution >= 4 is 27.3 Å². The highest BCUT2D eigenvalue weighted by atomic mass is 32.1. The van der Waals surface area contributed by atoms with E-state index in [1.165, 1.54) is 17.4 Å². The summed E-state index contributed by atoms with van der Waals surface area (Å²) in [5, 5.41) is 0.463.